The van der Waals surface area contributed by atoms with E-state index in [0.29, 0.717) is 0 Å². The first kappa shape index (κ1) is 20.3. The molecular formula is C9H11N2NaO7S2. The van der Waals surface area contributed by atoms with Crippen molar-refractivity contribution in [2.24, 2.45) is 0 Å². The summed E-state index contributed by atoms with van der Waals surface area (Å²) in [5.41, 5.74) is 4.82. The average molecular weight is 346 g/mol. The molecule has 0 aliphatic rings. The fraction of sp³-hybridized carbons (Fsp3) is 0.333. The van der Waals surface area contributed by atoms with Gasteiger partial charge in [0.15, 0.2) is 9.84 Å². The van der Waals surface area contributed by atoms with Crippen molar-refractivity contribution in [1.82, 2.24) is 0 Å². The Morgan fingerprint density at radius 2 is 1.71 bits per heavy atom. The van der Waals surface area contributed by atoms with E-state index in [4.69, 9.17) is 5.73 Å². The second-order valence-electron chi connectivity index (χ2n) is 3.91. The molecule has 12 heteroatoms. The molecule has 0 amide bonds. The molecule has 21 heavy (non-hydrogen) atoms. The summed E-state index contributed by atoms with van der Waals surface area (Å²) in [5.74, 6) is -1.47. The van der Waals surface area contributed by atoms with Crippen LogP contribution < -0.4 is 35.3 Å². The maximum atomic E-state index is 11.9. The molecule has 1 aromatic rings. The van der Waals surface area contributed by atoms with Crippen LogP contribution in [0, 0.1) is 10.1 Å². The van der Waals surface area contributed by atoms with Gasteiger partial charge in [0, 0.05) is 17.9 Å². The molecule has 1 aromatic carbocycles. The van der Waals surface area contributed by atoms with Gasteiger partial charge in [0.2, 0.25) is 0 Å². The quantitative estimate of drug-likeness (QED) is 0.186. The number of benzene rings is 1. The van der Waals surface area contributed by atoms with E-state index < -0.39 is 53.4 Å². The minimum absolute atomic E-state index is 0. The maximum Gasteiger partial charge on any atom is 1.00 e. The van der Waals surface area contributed by atoms with E-state index in [1.54, 1.807) is 0 Å². The average Bonchev–Trinajstić information content (AvgIpc) is 2.26. The third kappa shape index (κ3) is 6.28. The maximum absolute atomic E-state index is 11.9. The number of hydrogen-bond acceptors (Lipinski definition) is 8. The topological polar surface area (TPSA) is 160 Å². The predicted molar refractivity (Wildman–Crippen MR) is 68.7 cm³/mol. The molecule has 0 atom stereocenters. The van der Waals surface area contributed by atoms with Crippen LogP contribution in [-0.4, -0.2) is 37.8 Å². The zero-order valence-electron chi connectivity index (χ0n) is 11.1. The second-order valence-corrected chi connectivity index (χ2v) is 7.51. The Hall–Kier alpha value is -0.720. The van der Waals surface area contributed by atoms with E-state index in [1.165, 1.54) is 0 Å². The normalized spacial score (nSPS) is 11.7. The molecule has 0 aliphatic carbocycles. The smallest absolute Gasteiger partial charge is 0.748 e. The minimum atomic E-state index is -4.51. The van der Waals surface area contributed by atoms with E-state index in [9.17, 15) is 31.5 Å². The van der Waals surface area contributed by atoms with Gasteiger partial charge >= 0.3 is 29.6 Å². The van der Waals surface area contributed by atoms with E-state index in [2.05, 4.69) is 0 Å². The van der Waals surface area contributed by atoms with Gasteiger partial charge in [0.05, 0.1) is 31.4 Å². The van der Waals surface area contributed by atoms with Crippen molar-refractivity contribution in [1.29, 1.82) is 0 Å². The van der Waals surface area contributed by atoms with Gasteiger partial charge in [0.1, 0.15) is 0 Å². The molecule has 0 saturated carbocycles. The fourth-order valence-corrected chi connectivity index (χ4v) is 3.59. The van der Waals surface area contributed by atoms with Crippen LogP contribution >= 0.6 is 0 Å². The van der Waals surface area contributed by atoms with Crippen LogP contribution in [-0.2, 0) is 20.0 Å². The zero-order chi connectivity index (χ0) is 15.6. The van der Waals surface area contributed by atoms with Gasteiger partial charge in [-0.25, -0.2) is 16.8 Å². The first-order valence-corrected chi connectivity index (χ1v) is 8.46. The number of nitrogens with zero attached hydrogens (tertiary/aromatic N) is 1. The van der Waals surface area contributed by atoms with Gasteiger partial charge < -0.3 is 10.3 Å². The van der Waals surface area contributed by atoms with Gasteiger partial charge in [-0.05, 0) is 12.5 Å². The van der Waals surface area contributed by atoms with Crippen LogP contribution in [0.1, 0.15) is 6.42 Å². The number of nitrogen functional groups attached to an aromatic ring is 1. The molecule has 0 spiro atoms. The molecule has 0 aromatic heterocycles. The number of sulfone groups is 1. The molecule has 0 saturated heterocycles. The first-order chi connectivity index (χ1) is 9.03. The number of nitro groups is 1. The molecule has 1 rings (SSSR count). The van der Waals surface area contributed by atoms with E-state index in [1.807, 2.05) is 0 Å². The van der Waals surface area contributed by atoms with Crippen molar-refractivity contribution in [3.63, 3.8) is 0 Å². The van der Waals surface area contributed by atoms with Gasteiger partial charge in [-0.15, -0.1) is 0 Å². The Morgan fingerprint density at radius 3 is 2.19 bits per heavy atom. The van der Waals surface area contributed by atoms with E-state index in [-0.39, 0.29) is 35.2 Å². The molecule has 0 unspecified atom stereocenters. The molecule has 112 valence electrons. The van der Waals surface area contributed by atoms with Crippen molar-refractivity contribution >= 4 is 31.3 Å². The summed E-state index contributed by atoms with van der Waals surface area (Å²) in [6.07, 6.45) is -0.406. The van der Waals surface area contributed by atoms with Crippen LogP contribution in [0.2, 0.25) is 0 Å². The van der Waals surface area contributed by atoms with Crippen LogP contribution in [0.3, 0.4) is 0 Å². The Labute approximate surface area is 143 Å². The number of nitrogens with two attached hydrogens (primary N) is 1. The number of rotatable bonds is 6. The molecule has 0 bridgehead atoms. The number of anilines is 1. The van der Waals surface area contributed by atoms with Crippen molar-refractivity contribution in [2.75, 3.05) is 17.2 Å². The Morgan fingerprint density at radius 1 is 1.14 bits per heavy atom. The van der Waals surface area contributed by atoms with E-state index in [0.717, 1.165) is 18.2 Å². The summed E-state index contributed by atoms with van der Waals surface area (Å²) in [7, 11) is -8.52. The van der Waals surface area contributed by atoms with Crippen molar-refractivity contribution in [3.05, 3.63) is 28.3 Å². The summed E-state index contributed by atoms with van der Waals surface area (Å²) in [4.78, 5) is 9.36. The van der Waals surface area contributed by atoms with Gasteiger partial charge in [-0.2, -0.15) is 0 Å². The summed E-state index contributed by atoms with van der Waals surface area (Å²) in [5, 5.41) is 10.6. The molecule has 9 nitrogen and oxygen atoms in total. The number of non-ortho nitro benzene ring substituents is 1. The monoisotopic (exact) mass is 346 g/mol. The Kier molecular flexibility index (Phi) is 7.26. The first-order valence-electron chi connectivity index (χ1n) is 5.23. The summed E-state index contributed by atoms with van der Waals surface area (Å²) < 4.78 is 55.0. The summed E-state index contributed by atoms with van der Waals surface area (Å²) in [6, 6.07) is 2.93. The van der Waals surface area contributed by atoms with E-state index >= 15 is 0 Å². The Bertz CT molecular complexity index is 730. The molecule has 0 heterocycles. The second kappa shape index (κ2) is 7.51. The van der Waals surface area contributed by atoms with Gasteiger partial charge in [-0.1, -0.05) is 0 Å². The third-order valence-corrected chi connectivity index (χ3v) is 4.99. The molecule has 2 N–H and O–H groups in total. The molecule has 0 radical (unpaired) electrons. The summed E-state index contributed by atoms with van der Waals surface area (Å²) in [6.45, 7) is 0. The van der Waals surface area contributed by atoms with Crippen LogP contribution in [0.4, 0.5) is 11.4 Å². The Balaban J connectivity index is 0.00000400. The molecular weight excluding hydrogens is 335 g/mol. The summed E-state index contributed by atoms with van der Waals surface area (Å²) >= 11 is 0. The SMILES string of the molecule is Nc1ccc([N+](=O)[O-])cc1S(=O)(=O)CCCS(=O)(=O)[O-].[Na+]. The predicted octanol–water partition coefficient (Wildman–Crippen LogP) is -3.11. The standard InChI is InChI=1S/C9H12N2O7S2.Na/c10-8-3-2-7(11(12)13)6-9(8)19(14,15)4-1-5-20(16,17)18;/h2-3,6H,1,4-5,10H2,(H,16,17,18);/q;+1/p-1. The molecule has 0 aliphatic heterocycles. The van der Waals surface area contributed by atoms with Crippen molar-refractivity contribution < 1.29 is 55.9 Å². The molecule has 0 fully saturated rings. The zero-order valence-corrected chi connectivity index (χ0v) is 14.7. The van der Waals surface area contributed by atoms with Gasteiger partial charge in [-0.3, -0.25) is 10.1 Å². The van der Waals surface area contributed by atoms with Crippen LogP contribution in [0.5, 0.6) is 0 Å². The van der Waals surface area contributed by atoms with Gasteiger partial charge in [0.25, 0.3) is 5.69 Å². The fourth-order valence-electron chi connectivity index (χ4n) is 1.44. The number of hydrogen-bond donors (Lipinski definition) is 1. The minimum Gasteiger partial charge on any atom is -0.748 e. The number of nitro benzene ring substituents is 1. The largest absolute Gasteiger partial charge is 1.00 e. The van der Waals surface area contributed by atoms with Crippen molar-refractivity contribution in [2.45, 2.75) is 11.3 Å². The van der Waals surface area contributed by atoms with Crippen LogP contribution in [0.25, 0.3) is 0 Å². The van der Waals surface area contributed by atoms with Crippen LogP contribution in [0.15, 0.2) is 23.1 Å². The third-order valence-electron chi connectivity index (χ3n) is 2.35. The van der Waals surface area contributed by atoms with Crippen molar-refractivity contribution in [3.8, 4) is 0 Å².